The first-order chi connectivity index (χ1) is 12.2. The van der Waals surface area contributed by atoms with Crippen LogP contribution in [0.3, 0.4) is 0 Å². The summed E-state index contributed by atoms with van der Waals surface area (Å²) < 4.78 is 4.69. The van der Waals surface area contributed by atoms with Crippen LogP contribution in [0, 0.1) is 0 Å². The van der Waals surface area contributed by atoms with Crippen LogP contribution in [0.5, 0.6) is 0 Å². The summed E-state index contributed by atoms with van der Waals surface area (Å²) in [4.78, 5) is 27.0. The largest absolute Gasteiger partial charge is 0.345 e. The molecule has 0 saturated carbocycles. The van der Waals surface area contributed by atoms with Crippen molar-refractivity contribution in [2.75, 3.05) is 0 Å². The van der Waals surface area contributed by atoms with E-state index in [1.807, 2.05) is 60.7 Å². The van der Waals surface area contributed by atoms with Crippen LogP contribution in [0.15, 0.2) is 71.4 Å². The maximum absolute atomic E-state index is 13.3. The van der Waals surface area contributed by atoms with Crippen molar-refractivity contribution in [1.29, 1.82) is 0 Å². The van der Waals surface area contributed by atoms with E-state index >= 15 is 0 Å². The lowest BCUT2D eigenvalue weighted by Crippen LogP contribution is -2.45. The molecule has 7 heteroatoms. The molecule has 2 heterocycles. The van der Waals surface area contributed by atoms with E-state index < -0.39 is 11.6 Å². The van der Waals surface area contributed by atoms with Gasteiger partial charge in [0.25, 0.3) is 5.91 Å². The highest BCUT2D eigenvalue weighted by molar-refractivity contribution is 6.09. The Morgan fingerprint density at radius 3 is 2.08 bits per heavy atom. The summed E-state index contributed by atoms with van der Waals surface area (Å²) in [6.45, 7) is -0.00438. The summed E-state index contributed by atoms with van der Waals surface area (Å²) in [6.07, 6.45) is 1.31. The van der Waals surface area contributed by atoms with Crippen LogP contribution in [0.4, 0.5) is 4.79 Å². The summed E-state index contributed by atoms with van der Waals surface area (Å²) in [6, 6.07) is 17.9. The first kappa shape index (κ1) is 15.1. The van der Waals surface area contributed by atoms with Crippen LogP contribution < -0.4 is 5.32 Å². The Bertz CT molecular complexity index is 855. The van der Waals surface area contributed by atoms with Gasteiger partial charge in [0.2, 0.25) is 0 Å². The SMILES string of the molecule is O=C1NC(c2ccccc2)(c2ccccc2)C(=O)N1Cc1conn1. The fourth-order valence-corrected chi connectivity index (χ4v) is 3.07. The summed E-state index contributed by atoms with van der Waals surface area (Å²) in [5, 5.41) is 9.99. The maximum Gasteiger partial charge on any atom is 0.325 e. The third-order valence-electron chi connectivity index (χ3n) is 4.24. The monoisotopic (exact) mass is 334 g/mol. The zero-order valence-electron chi connectivity index (χ0n) is 13.1. The molecule has 3 aromatic rings. The van der Waals surface area contributed by atoms with E-state index in [1.54, 1.807) is 0 Å². The number of hydrogen-bond donors (Lipinski definition) is 1. The second-order valence-electron chi connectivity index (χ2n) is 5.70. The number of rotatable bonds is 4. The number of urea groups is 1. The van der Waals surface area contributed by atoms with E-state index in [-0.39, 0.29) is 12.5 Å². The number of benzene rings is 2. The smallest absolute Gasteiger partial charge is 0.325 e. The minimum Gasteiger partial charge on any atom is -0.345 e. The predicted octanol–water partition coefficient (Wildman–Crippen LogP) is 2.07. The standard InChI is InChI=1S/C18H14N4O3/c23-16-18(13-7-3-1-4-8-13,14-9-5-2-6-10-14)19-17(24)22(16)11-15-12-25-21-20-15/h1-10,12H,11H2,(H,19,24). The molecule has 4 rings (SSSR count). The van der Waals surface area contributed by atoms with Crippen LogP contribution in [0.25, 0.3) is 0 Å². The molecule has 1 N–H and O–H groups in total. The number of nitrogens with one attached hydrogen (secondary N) is 1. The average Bonchev–Trinajstić information content (AvgIpc) is 3.26. The molecule has 25 heavy (non-hydrogen) atoms. The molecular formula is C18H14N4O3. The number of hydrogen-bond acceptors (Lipinski definition) is 5. The van der Waals surface area contributed by atoms with E-state index in [0.717, 1.165) is 4.90 Å². The second-order valence-corrected chi connectivity index (χ2v) is 5.70. The molecule has 124 valence electrons. The van der Waals surface area contributed by atoms with E-state index in [9.17, 15) is 9.59 Å². The minimum absolute atomic E-state index is 0.00438. The maximum atomic E-state index is 13.3. The first-order valence-electron chi connectivity index (χ1n) is 7.73. The van der Waals surface area contributed by atoms with Gasteiger partial charge in [0.1, 0.15) is 12.0 Å². The molecule has 1 aliphatic rings. The predicted molar refractivity (Wildman–Crippen MR) is 87.0 cm³/mol. The topological polar surface area (TPSA) is 88.3 Å². The van der Waals surface area contributed by atoms with Gasteiger partial charge in [0.15, 0.2) is 5.54 Å². The quantitative estimate of drug-likeness (QED) is 0.738. The van der Waals surface area contributed by atoms with E-state index in [1.165, 1.54) is 6.26 Å². The summed E-state index contributed by atoms with van der Waals surface area (Å²) in [5.74, 6) is -0.363. The van der Waals surface area contributed by atoms with Gasteiger partial charge in [0, 0.05) is 5.27 Å². The first-order valence-corrected chi connectivity index (χ1v) is 7.73. The number of carbonyl (C=O) groups excluding carboxylic acids is 2. The van der Waals surface area contributed by atoms with Gasteiger partial charge in [-0.3, -0.25) is 9.69 Å². The van der Waals surface area contributed by atoms with Gasteiger partial charge >= 0.3 is 6.03 Å². The van der Waals surface area contributed by atoms with Gasteiger partial charge in [-0.05, 0) is 11.1 Å². The highest BCUT2D eigenvalue weighted by atomic mass is 16.5. The number of nitrogens with zero attached hydrogens (tertiary/aromatic N) is 3. The number of imide groups is 1. The number of aromatic nitrogens is 2. The Kier molecular flexibility index (Phi) is 3.53. The van der Waals surface area contributed by atoms with E-state index in [0.29, 0.717) is 16.8 Å². The summed E-state index contributed by atoms with van der Waals surface area (Å²) in [5.41, 5.74) is 0.526. The molecule has 0 atom stereocenters. The van der Waals surface area contributed by atoms with Crippen molar-refractivity contribution in [2.24, 2.45) is 0 Å². The van der Waals surface area contributed by atoms with Crippen molar-refractivity contribution in [3.05, 3.63) is 83.7 Å². The van der Waals surface area contributed by atoms with Gasteiger partial charge in [-0.2, -0.15) is 0 Å². The molecule has 2 aromatic carbocycles. The lowest BCUT2D eigenvalue weighted by Gasteiger charge is -2.27. The van der Waals surface area contributed by atoms with Crippen LogP contribution in [0.1, 0.15) is 16.8 Å². The molecule has 1 aromatic heterocycles. The van der Waals surface area contributed by atoms with Gasteiger partial charge in [-0.25, -0.2) is 4.79 Å². The Morgan fingerprint density at radius 2 is 1.56 bits per heavy atom. The fraction of sp³-hybridized carbons (Fsp3) is 0.111. The van der Waals surface area contributed by atoms with Gasteiger partial charge in [0.05, 0.1) is 6.54 Å². The average molecular weight is 334 g/mol. The van der Waals surface area contributed by atoms with E-state index in [2.05, 4.69) is 20.2 Å². The van der Waals surface area contributed by atoms with Crippen LogP contribution in [-0.2, 0) is 16.9 Å². The Balaban J connectivity index is 1.82. The van der Waals surface area contributed by atoms with Crippen molar-refractivity contribution < 1.29 is 14.1 Å². The molecule has 1 aliphatic heterocycles. The molecule has 1 fully saturated rings. The molecule has 3 amide bonds. The fourth-order valence-electron chi connectivity index (χ4n) is 3.07. The van der Waals surface area contributed by atoms with Gasteiger partial charge in [-0.15, -0.1) is 5.10 Å². The minimum atomic E-state index is -1.27. The van der Waals surface area contributed by atoms with Crippen molar-refractivity contribution in [2.45, 2.75) is 12.1 Å². The lowest BCUT2D eigenvalue weighted by atomic mass is 9.82. The molecule has 0 unspecified atom stereocenters. The third-order valence-corrected chi connectivity index (χ3v) is 4.24. The van der Waals surface area contributed by atoms with E-state index in [4.69, 9.17) is 0 Å². The lowest BCUT2D eigenvalue weighted by molar-refractivity contribution is -0.130. The molecule has 0 spiro atoms. The molecule has 0 bridgehead atoms. The highest BCUT2D eigenvalue weighted by Crippen LogP contribution is 2.36. The molecule has 1 saturated heterocycles. The highest BCUT2D eigenvalue weighted by Gasteiger charge is 2.53. The van der Waals surface area contributed by atoms with Crippen molar-refractivity contribution in [1.82, 2.24) is 20.6 Å². The normalized spacial score (nSPS) is 16.1. The van der Waals surface area contributed by atoms with Crippen LogP contribution in [0.2, 0.25) is 0 Å². The Hall–Kier alpha value is -3.48. The van der Waals surface area contributed by atoms with Gasteiger partial charge < -0.3 is 9.84 Å². The van der Waals surface area contributed by atoms with Crippen molar-refractivity contribution in [3.63, 3.8) is 0 Å². The molecule has 0 aliphatic carbocycles. The Morgan fingerprint density at radius 1 is 0.960 bits per heavy atom. The number of amides is 3. The van der Waals surface area contributed by atoms with Gasteiger partial charge in [-0.1, -0.05) is 60.7 Å². The second kappa shape index (κ2) is 5.86. The van der Waals surface area contributed by atoms with Crippen LogP contribution in [-0.4, -0.2) is 27.2 Å². The number of carbonyl (C=O) groups is 2. The molecule has 7 nitrogen and oxygen atoms in total. The summed E-state index contributed by atoms with van der Waals surface area (Å²) >= 11 is 0. The zero-order chi connectivity index (χ0) is 17.3. The molecular weight excluding hydrogens is 320 g/mol. The Labute approximate surface area is 143 Å². The van der Waals surface area contributed by atoms with Crippen molar-refractivity contribution in [3.8, 4) is 0 Å². The molecule has 0 radical (unpaired) electrons. The van der Waals surface area contributed by atoms with Crippen molar-refractivity contribution >= 4 is 11.9 Å². The summed E-state index contributed by atoms with van der Waals surface area (Å²) in [7, 11) is 0. The third kappa shape index (κ3) is 2.37. The zero-order valence-corrected chi connectivity index (χ0v) is 13.1. The van der Waals surface area contributed by atoms with Crippen LogP contribution >= 0.6 is 0 Å².